The molecule has 1 rings (SSSR count). The maximum absolute atomic E-state index is 6.06. The second-order valence-electron chi connectivity index (χ2n) is 4.18. The number of nitrogens with two attached hydrogens (primary N) is 1. The molecule has 1 aromatic carbocycles. The smallest absolute Gasteiger partial charge is 0.0271 e. The summed E-state index contributed by atoms with van der Waals surface area (Å²) in [6, 6.07) is 4.79. The lowest BCUT2D eigenvalue weighted by molar-refractivity contribution is 0.781. The predicted octanol–water partition coefficient (Wildman–Crippen LogP) is 3.39. The van der Waals surface area contributed by atoms with Gasteiger partial charge in [-0.15, -0.1) is 0 Å². The lowest BCUT2D eigenvalue weighted by Gasteiger charge is -2.18. The topological polar surface area (TPSA) is 26.0 Å². The van der Waals surface area contributed by atoms with E-state index >= 15 is 0 Å². The molecule has 0 aromatic heterocycles. The largest absolute Gasteiger partial charge is 0.324 e. The van der Waals surface area contributed by atoms with Crippen LogP contribution in [0.25, 0.3) is 0 Å². The first-order valence-corrected chi connectivity index (χ1v) is 6.04. The van der Waals surface area contributed by atoms with Crippen molar-refractivity contribution in [2.24, 2.45) is 5.73 Å². The summed E-state index contributed by atoms with van der Waals surface area (Å²) in [6.45, 7) is 8.71. The average molecular weight is 205 g/mol. The second kappa shape index (κ2) is 5.32. The monoisotopic (exact) mass is 205 g/mol. The fourth-order valence-electron chi connectivity index (χ4n) is 2.22. The number of hydrogen-bond acceptors (Lipinski definition) is 1. The van der Waals surface area contributed by atoms with Gasteiger partial charge in [0.1, 0.15) is 0 Å². The molecule has 0 aliphatic rings. The third-order valence-electron chi connectivity index (χ3n) is 3.04. The van der Waals surface area contributed by atoms with Gasteiger partial charge in [0.05, 0.1) is 0 Å². The van der Waals surface area contributed by atoms with Gasteiger partial charge in [0.2, 0.25) is 0 Å². The van der Waals surface area contributed by atoms with Crippen molar-refractivity contribution in [3.05, 3.63) is 34.4 Å². The van der Waals surface area contributed by atoms with E-state index in [0.29, 0.717) is 0 Å². The zero-order chi connectivity index (χ0) is 11.4. The van der Waals surface area contributed by atoms with E-state index in [1.165, 1.54) is 22.3 Å². The summed E-state index contributed by atoms with van der Waals surface area (Å²) in [5.41, 5.74) is 11.7. The Morgan fingerprint density at radius 1 is 1.00 bits per heavy atom. The summed E-state index contributed by atoms with van der Waals surface area (Å²) in [6.07, 6.45) is 3.27. The van der Waals surface area contributed by atoms with Crippen LogP contribution in [0.15, 0.2) is 12.1 Å². The minimum atomic E-state index is 0.154. The summed E-state index contributed by atoms with van der Waals surface area (Å²) in [5.74, 6) is 0. The molecule has 0 radical (unpaired) electrons. The van der Waals surface area contributed by atoms with Gasteiger partial charge in [-0.3, -0.25) is 0 Å². The van der Waals surface area contributed by atoms with E-state index in [2.05, 4.69) is 39.8 Å². The van der Waals surface area contributed by atoms with Crippen LogP contribution in [-0.4, -0.2) is 0 Å². The Kier molecular flexibility index (Phi) is 4.34. The maximum atomic E-state index is 6.06. The van der Waals surface area contributed by atoms with Gasteiger partial charge < -0.3 is 5.73 Å². The molecular formula is C14H23N. The van der Waals surface area contributed by atoms with Gasteiger partial charge in [0.15, 0.2) is 0 Å². The van der Waals surface area contributed by atoms with Crippen LogP contribution >= 0.6 is 0 Å². The average Bonchev–Trinajstić information content (AvgIpc) is 2.26. The van der Waals surface area contributed by atoms with Crippen LogP contribution in [0.1, 0.15) is 56.0 Å². The summed E-state index contributed by atoms with van der Waals surface area (Å²) in [7, 11) is 0. The predicted molar refractivity (Wildman–Crippen MR) is 67.2 cm³/mol. The van der Waals surface area contributed by atoms with Crippen LogP contribution in [0.4, 0.5) is 0 Å². The second-order valence-corrected chi connectivity index (χ2v) is 4.18. The van der Waals surface area contributed by atoms with E-state index in [1.54, 1.807) is 0 Å². The molecule has 15 heavy (non-hydrogen) atoms. The Bertz CT molecular complexity index is 301. The molecule has 2 N–H and O–H groups in total. The molecular weight excluding hydrogens is 182 g/mol. The van der Waals surface area contributed by atoms with Crippen LogP contribution in [0.2, 0.25) is 0 Å². The Hall–Kier alpha value is -0.820. The van der Waals surface area contributed by atoms with E-state index in [1.807, 2.05) is 0 Å². The van der Waals surface area contributed by atoms with Gasteiger partial charge in [0.25, 0.3) is 0 Å². The third-order valence-corrected chi connectivity index (χ3v) is 3.04. The Labute approximate surface area is 93.7 Å². The summed E-state index contributed by atoms with van der Waals surface area (Å²) in [4.78, 5) is 0. The minimum Gasteiger partial charge on any atom is -0.324 e. The first-order valence-electron chi connectivity index (χ1n) is 6.04. The summed E-state index contributed by atoms with van der Waals surface area (Å²) < 4.78 is 0. The quantitative estimate of drug-likeness (QED) is 0.801. The third kappa shape index (κ3) is 2.60. The zero-order valence-electron chi connectivity index (χ0n) is 10.4. The van der Waals surface area contributed by atoms with Crippen molar-refractivity contribution in [1.29, 1.82) is 0 Å². The Morgan fingerprint density at radius 3 is 1.73 bits per heavy atom. The highest BCUT2D eigenvalue weighted by atomic mass is 14.6. The van der Waals surface area contributed by atoms with Crippen molar-refractivity contribution in [2.45, 2.75) is 53.0 Å². The van der Waals surface area contributed by atoms with Crippen LogP contribution < -0.4 is 5.73 Å². The van der Waals surface area contributed by atoms with Gasteiger partial charge in [-0.25, -0.2) is 0 Å². The molecule has 0 saturated carbocycles. The SMILES string of the molecule is CCc1cc(CC)c([C@H](C)N)c(CC)c1. The standard InChI is InChI=1S/C14H23N/c1-5-11-8-12(6-2)14(10(4)15)13(7-3)9-11/h8-10H,5-7,15H2,1-4H3/t10-/m0/s1. The minimum absolute atomic E-state index is 0.154. The molecule has 0 bridgehead atoms. The lowest BCUT2D eigenvalue weighted by atomic mass is 9.90. The molecule has 1 aromatic rings. The van der Waals surface area contributed by atoms with E-state index in [4.69, 9.17) is 5.73 Å². The van der Waals surface area contributed by atoms with Crippen molar-refractivity contribution >= 4 is 0 Å². The van der Waals surface area contributed by atoms with E-state index in [-0.39, 0.29) is 6.04 Å². The number of hydrogen-bond donors (Lipinski definition) is 1. The van der Waals surface area contributed by atoms with Crippen LogP contribution in [0.3, 0.4) is 0 Å². The van der Waals surface area contributed by atoms with E-state index in [0.717, 1.165) is 19.3 Å². The molecule has 0 amide bonds. The molecule has 0 spiro atoms. The number of benzene rings is 1. The first-order chi connectivity index (χ1) is 7.13. The molecule has 1 nitrogen and oxygen atoms in total. The molecule has 0 saturated heterocycles. The van der Waals surface area contributed by atoms with Gasteiger partial charge in [-0.1, -0.05) is 32.9 Å². The molecule has 1 heteroatoms. The Morgan fingerprint density at radius 2 is 1.47 bits per heavy atom. The van der Waals surface area contributed by atoms with Crippen molar-refractivity contribution in [1.82, 2.24) is 0 Å². The molecule has 0 heterocycles. The molecule has 0 aliphatic heterocycles. The molecule has 84 valence electrons. The summed E-state index contributed by atoms with van der Waals surface area (Å²) in [5, 5.41) is 0. The molecule has 0 fully saturated rings. The normalized spacial score (nSPS) is 12.9. The fraction of sp³-hybridized carbons (Fsp3) is 0.571. The van der Waals surface area contributed by atoms with Gasteiger partial charge >= 0.3 is 0 Å². The van der Waals surface area contributed by atoms with E-state index in [9.17, 15) is 0 Å². The molecule has 0 aliphatic carbocycles. The fourth-order valence-corrected chi connectivity index (χ4v) is 2.22. The van der Waals surface area contributed by atoms with Crippen molar-refractivity contribution in [3.63, 3.8) is 0 Å². The highest BCUT2D eigenvalue weighted by Crippen LogP contribution is 2.24. The number of aryl methyl sites for hydroxylation is 3. The van der Waals surface area contributed by atoms with Crippen molar-refractivity contribution in [2.75, 3.05) is 0 Å². The van der Waals surface area contributed by atoms with Crippen molar-refractivity contribution in [3.8, 4) is 0 Å². The highest BCUT2D eigenvalue weighted by molar-refractivity contribution is 5.41. The van der Waals surface area contributed by atoms with Gasteiger partial charge in [-0.05, 0) is 48.4 Å². The maximum Gasteiger partial charge on any atom is 0.0271 e. The first kappa shape index (κ1) is 12.3. The summed E-state index contributed by atoms with van der Waals surface area (Å²) >= 11 is 0. The van der Waals surface area contributed by atoms with Crippen LogP contribution in [-0.2, 0) is 19.3 Å². The van der Waals surface area contributed by atoms with Crippen LogP contribution in [0.5, 0.6) is 0 Å². The Balaban J connectivity index is 3.32. The van der Waals surface area contributed by atoms with Gasteiger partial charge in [0, 0.05) is 6.04 Å². The highest BCUT2D eigenvalue weighted by Gasteiger charge is 2.11. The zero-order valence-corrected chi connectivity index (χ0v) is 10.4. The number of rotatable bonds is 4. The van der Waals surface area contributed by atoms with Crippen LogP contribution in [0, 0.1) is 0 Å². The molecule has 1 atom stereocenters. The van der Waals surface area contributed by atoms with E-state index < -0.39 is 0 Å². The van der Waals surface area contributed by atoms with Crippen molar-refractivity contribution < 1.29 is 0 Å². The lowest BCUT2D eigenvalue weighted by Crippen LogP contribution is -2.12. The molecule has 0 unspecified atom stereocenters. The van der Waals surface area contributed by atoms with Gasteiger partial charge in [-0.2, -0.15) is 0 Å².